The van der Waals surface area contributed by atoms with E-state index in [1.54, 1.807) is 24.2 Å². The van der Waals surface area contributed by atoms with Crippen molar-refractivity contribution in [2.75, 3.05) is 0 Å². The van der Waals surface area contributed by atoms with Crippen LogP contribution in [-0.4, -0.2) is 3.21 Å². The monoisotopic (exact) mass is 638 g/mol. The molecule has 5 aromatic carbocycles. The van der Waals surface area contributed by atoms with E-state index in [-0.39, 0.29) is 24.8 Å². The Hall–Kier alpha value is -2.44. The molecule has 0 radical (unpaired) electrons. The third kappa shape index (κ3) is 8.78. The molecule has 7 rings (SSSR count). The van der Waals surface area contributed by atoms with Crippen molar-refractivity contribution in [3.63, 3.8) is 0 Å². The Morgan fingerprint density at radius 1 is 0.575 bits per heavy atom. The van der Waals surface area contributed by atoms with Gasteiger partial charge in [-0.2, -0.15) is 42.0 Å². The van der Waals surface area contributed by atoms with Crippen LogP contribution in [0.15, 0.2) is 121 Å². The first-order valence-electron chi connectivity index (χ1n) is 13.8. The summed E-state index contributed by atoms with van der Waals surface area (Å²) in [7, 11) is 0. The van der Waals surface area contributed by atoms with E-state index in [0.717, 1.165) is 6.42 Å². The molecular formula is C37H34Cl2Zr-2. The van der Waals surface area contributed by atoms with Crippen molar-refractivity contribution in [1.29, 1.82) is 0 Å². The molecule has 0 nitrogen and oxygen atoms in total. The quantitative estimate of drug-likeness (QED) is 0.199. The van der Waals surface area contributed by atoms with Crippen molar-refractivity contribution in [1.82, 2.24) is 0 Å². The minimum atomic E-state index is 0. The number of benzene rings is 4. The van der Waals surface area contributed by atoms with Gasteiger partial charge in [0.1, 0.15) is 0 Å². The average Bonchev–Trinajstić information content (AvgIpc) is 3.62. The summed E-state index contributed by atoms with van der Waals surface area (Å²) in [4.78, 5) is 0. The number of hydrogen-bond donors (Lipinski definition) is 0. The minimum Gasteiger partial charge on any atom is -0.214 e. The van der Waals surface area contributed by atoms with Crippen LogP contribution in [-0.2, 0) is 30.7 Å². The molecule has 202 valence electrons. The first-order valence-corrected chi connectivity index (χ1v) is 15.0. The summed E-state index contributed by atoms with van der Waals surface area (Å²) in [6.07, 6.45) is 9.78. The van der Waals surface area contributed by atoms with Crippen LogP contribution in [0.25, 0.3) is 33.4 Å². The van der Waals surface area contributed by atoms with E-state index in [4.69, 9.17) is 0 Å². The van der Waals surface area contributed by atoms with Crippen molar-refractivity contribution in [3.8, 4) is 33.4 Å². The molecule has 0 heterocycles. The van der Waals surface area contributed by atoms with Crippen LogP contribution in [0.2, 0.25) is 0 Å². The smallest absolute Gasteiger partial charge is 0.0184 e. The Balaban J connectivity index is 0.000000244. The molecule has 0 spiro atoms. The van der Waals surface area contributed by atoms with E-state index in [9.17, 15) is 0 Å². The van der Waals surface area contributed by atoms with Crippen LogP contribution >= 0.6 is 0 Å². The zero-order valence-corrected chi connectivity index (χ0v) is 26.7. The Labute approximate surface area is 267 Å². The predicted molar refractivity (Wildman–Crippen MR) is 159 cm³/mol. The molecule has 0 saturated heterocycles. The Morgan fingerprint density at radius 3 is 1.73 bits per heavy atom. The molecule has 40 heavy (non-hydrogen) atoms. The van der Waals surface area contributed by atoms with Gasteiger partial charge in [0, 0.05) is 0 Å². The van der Waals surface area contributed by atoms with E-state index < -0.39 is 0 Å². The van der Waals surface area contributed by atoms with Gasteiger partial charge >= 0.3 is 66.0 Å². The number of hydrogen-bond acceptors (Lipinski definition) is 0. The molecule has 1 fully saturated rings. The summed E-state index contributed by atoms with van der Waals surface area (Å²) in [5.41, 5.74) is 10.4. The van der Waals surface area contributed by atoms with Gasteiger partial charge in [0.05, 0.1) is 0 Å². The molecule has 2 aliphatic rings. The first kappa shape index (κ1) is 32.1. The Morgan fingerprint density at radius 2 is 1.15 bits per heavy atom. The van der Waals surface area contributed by atoms with Gasteiger partial charge in [0.25, 0.3) is 0 Å². The SMILES string of the molecule is [Cl-].[Cl-].[Zr+2]=[C]1CCCCCC1.[c-]1cc(-c2ccccc2)cc2c1Cc1ccc(-c3ccccc3)cc1-2.c1cc[cH-]c1. The van der Waals surface area contributed by atoms with E-state index in [1.165, 1.54) is 83.0 Å². The molecule has 0 N–H and O–H groups in total. The summed E-state index contributed by atoms with van der Waals surface area (Å²) >= 11 is 1.69. The number of fused-ring (bicyclic) bond motifs is 3. The standard InChI is InChI=1S/C25H17.C7H12.C5H5.2ClH.Zr/c1-3-7-18(8-4-1)20-11-13-22-15-23-14-12-21(17-25(23)24(22)16-20)19-9-5-2-6-10-19;1-2-4-6-7-5-3-1;1-2-4-5-3-1;;;/h1-13,16-17H,15H2;1-6H2;1-5H;2*1H;/q-1;;-1;;;+2/p-2. The summed E-state index contributed by atoms with van der Waals surface area (Å²) in [5, 5.41) is 0. The van der Waals surface area contributed by atoms with Gasteiger partial charge in [-0.1, -0.05) is 95.6 Å². The molecule has 1 saturated carbocycles. The molecular weight excluding hydrogens is 607 g/mol. The third-order valence-corrected chi connectivity index (χ3v) is 8.50. The van der Waals surface area contributed by atoms with Gasteiger partial charge in [0.2, 0.25) is 0 Å². The third-order valence-electron chi connectivity index (χ3n) is 7.27. The summed E-state index contributed by atoms with van der Waals surface area (Å²) in [6.45, 7) is 0. The van der Waals surface area contributed by atoms with Gasteiger partial charge < -0.3 is 24.8 Å². The molecule has 0 atom stereocenters. The molecule has 0 aromatic heterocycles. The second-order valence-corrected chi connectivity index (χ2v) is 11.8. The normalized spacial score (nSPS) is 13.0. The van der Waals surface area contributed by atoms with Gasteiger partial charge in [-0.15, -0.1) is 11.1 Å². The number of rotatable bonds is 2. The largest absolute Gasteiger partial charge is 0.214 e. The van der Waals surface area contributed by atoms with Crippen molar-refractivity contribution in [2.24, 2.45) is 0 Å². The molecule has 2 aliphatic carbocycles. The molecule has 0 bridgehead atoms. The first-order chi connectivity index (χ1) is 18.8. The molecule has 0 aliphatic heterocycles. The van der Waals surface area contributed by atoms with E-state index in [2.05, 4.69) is 97.1 Å². The number of halogens is 2. The van der Waals surface area contributed by atoms with Crippen LogP contribution in [0.3, 0.4) is 0 Å². The van der Waals surface area contributed by atoms with E-state index in [1.807, 2.05) is 33.5 Å². The maximum Gasteiger partial charge on any atom is -0.0184 e. The maximum atomic E-state index is 3.52. The van der Waals surface area contributed by atoms with Crippen molar-refractivity contribution >= 4 is 3.21 Å². The van der Waals surface area contributed by atoms with Crippen LogP contribution in [0, 0.1) is 6.07 Å². The minimum absolute atomic E-state index is 0. The topological polar surface area (TPSA) is 0 Å². The van der Waals surface area contributed by atoms with E-state index in [0.29, 0.717) is 0 Å². The zero-order chi connectivity index (χ0) is 26.0. The molecule has 5 aromatic rings. The second-order valence-electron chi connectivity index (χ2n) is 10.0. The van der Waals surface area contributed by atoms with Gasteiger partial charge in [0.15, 0.2) is 0 Å². The van der Waals surface area contributed by atoms with Gasteiger partial charge in [-0.05, 0) is 17.5 Å². The van der Waals surface area contributed by atoms with Crippen molar-refractivity contribution in [3.05, 3.63) is 139 Å². The van der Waals surface area contributed by atoms with Crippen LogP contribution in [0.5, 0.6) is 0 Å². The van der Waals surface area contributed by atoms with Crippen LogP contribution < -0.4 is 24.8 Å². The Kier molecular flexibility index (Phi) is 13.4. The summed E-state index contributed by atoms with van der Waals surface area (Å²) < 4.78 is 1.81. The molecule has 0 unspecified atom stereocenters. The maximum absolute atomic E-state index is 3.52. The van der Waals surface area contributed by atoms with Crippen LogP contribution in [0.4, 0.5) is 0 Å². The summed E-state index contributed by atoms with van der Waals surface area (Å²) in [6, 6.07) is 45.9. The fourth-order valence-corrected chi connectivity index (χ4v) is 6.04. The fraction of sp³-hybridized carbons (Fsp3) is 0.189. The van der Waals surface area contributed by atoms with Crippen LogP contribution in [0.1, 0.15) is 49.7 Å². The van der Waals surface area contributed by atoms with Crippen molar-refractivity contribution in [2.45, 2.75) is 44.9 Å². The molecule has 0 amide bonds. The fourth-order valence-electron chi connectivity index (χ4n) is 5.17. The molecule has 3 heteroatoms. The van der Waals surface area contributed by atoms with Gasteiger partial charge in [-0.3, -0.25) is 0 Å². The Bertz CT molecular complexity index is 1330. The average molecular weight is 641 g/mol. The summed E-state index contributed by atoms with van der Waals surface area (Å²) in [5.74, 6) is 0. The van der Waals surface area contributed by atoms with Crippen molar-refractivity contribution < 1.29 is 49.0 Å². The zero-order valence-electron chi connectivity index (χ0n) is 22.8. The second kappa shape index (κ2) is 16.7. The van der Waals surface area contributed by atoms with E-state index >= 15 is 0 Å². The predicted octanol–water partition coefficient (Wildman–Crippen LogP) is 3.87. The van der Waals surface area contributed by atoms with Gasteiger partial charge in [-0.25, -0.2) is 12.1 Å².